The highest BCUT2D eigenvalue weighted by molar-refractivity contribution is 6.03. The molecular formula is C27H26N2O5. The second kappa shape index (κ2) is 9.52. The molecule has 0 bridgehead atoms. The quantitative estimate of drug-likeness (QED) is 0.557. The molecule has 34 heavy (non-hydrogen) atoms. The average Bonchev–Trinajstić information content (AvgIpc) is 2.86. The first-order valence-electron chi connectivity index (χ1n) is 11.4. The molecule has 1 aliphatic carbocycles. The number of amides is 1. The van der Waals surface area contributed by atoms with Gasteiger partial charge in [-0.1, -0.05) is 55.7 Å². The molecule has 2 aromatic carbocycles. The largest absolute Gasteiger partial charge is 0.455 e. The van der Waals surface area contributed by atoms with E-state index in [-0.39, 0.29) is 22.0 Å². The molecule has 0 aliphatic heterocycles. The molecule has 1 amide bonds. The van der Waals surface area contributed by atoms with E-state index in [1.807, 2.05) is 30.3 Å². The maximum atomic E-state index is 13.0. The number of carbonyl (C=O) groups excluding carboxylic acids is 2. The highest BCUT2D eigenvalue weighted by Crippen LogP contribution is 2.29. The van der Waals surface area contributed by atoms with Gasteiger partial charge in [-0.15, -0.1) is 0 Å². The Labute approximate surface area is 197 Å². The molecule has 1 heterocycles. The lowest BCUT2D eigenvalue weighted by Gasteiger charge is -2.32. The van der Waals surface area contributed by atoms with Gasteiger partial charge >= 0.3 is 5.97 Å². The molecule has 1 fully saturated rings. The maximum absolute atomic E-state index is 13.0. The van der Waals surface area contributed by atoms with Crippen molar-refractivity contribution in [3.63, 3.8) is 0 Å². The van der Waals surface area contributed by atoms with Crippen molar-refractivity contribution in [1.29, 1.82) is 5.26 Å². The Morgan fingerprint density at radius 1 is 1.09 bits per heavy atom. The summed E-state index contributed by atoms with van der Waals surface area (Å²) in [4.78, 5) is 38.8. The molecule has 1 atom stereocenters. The fourth-order valence-corrected chi connectivity index (χ4v) is 4.37. The van der Waals surface area contributed by atoms with Crippen molar-refractivity contribution < 1.29 is 18.7 Å². The van der Waals surface area contributed by atoms with Gasteiger partial charge in [0, 0.05) is 11.1 Å². The number of benzene rings is 2. The van der Waals surface area contributed by atoms with Crippen LogP contribution in [0.2, 0.25) is 0 Å². The van der Waals surface area contributed by atoms with Gasteiger partial charge in [0.2, 0.25) is 0 Å². The number of rotatable bonds is 5. The number of para-hydroxylation sites is 1. The van der Waals surface area contributed by atoms with Crippen LogP contribution in [0.5, 0.6) is 0 Å². The van der Waals surface area contributed by atoms with Gasteiger partial charge in [0.05, 0.1) is 11.5 Å². The van der Waals surface area contributed by atoms with Crippen LogP contribution in [0.1, 0.15) is 54.9 Å². The zero-order valence-electron chi connectivity index (χ0n) is 19.2. The SMILES string of the molecule is Cc1c(-c2ccccc2)oc2c(C(=O)OC(C)C(=O)NC3(C#N)CCCCC3)cccc2c1=O. The molecule has 3 aromatic rings. The fraction of sp³-hybridized carbons (Fsp3) is 0.333. The fourth-order valence-electron chi connectivity index (χ4n) is 4.37. The standard InChI is InChI=1S/C27H26N2O5/c1-17-22(30)20-12-9-13-21(24(20)34-23(17)19-10-5-3-6-11-19)26(32)33-18(2)25(31)29-27(16-28)14-7-4-8-15-27/h3,5-6,9-13,18H,4,7-8,14-15H2,1-2H3,(H,29,31). The highest BCUT2D eigenvalue weighted by Gasteiger charge is 2.35. The lowest BCUT2D eigenvalue weighted by atomic mass is 9.83. The predicted octanol–water partition coefficient (Wildman–Crippen LogP) is 4.66. The minimum Gasteiger partial charge on any atom is -0.455 e. The number of fused-ring (bicyclic) bond motifs is 1. The summed E-state index contributed by atoms with van der Waals surface area (Å²) in [5.41, 5.74) is 0.142. The third-order valence-corrected chi connectivity index (χ3v) is 6.34. The number of nitriles is 1. The Morgan fingerprint density at radius 2 is 1.79 bits per heavy atom. The molecule has 1 N–H and O–H groups in total. The van der Waals surface area contributed by atoms with Gasteiger partial charge in [-0.25, -0.2) is 4.79 Å². The van der Waals surface area contributed by atoms with Crippen molar-refractivity contribution in [2.24, 2.45) is 0 Å². The smallest absolute Gasteiger partial charge is 0.342 e. The normalized spacial score (nSPS) is 15.8. The Balaban J connectivity index is 1.62. The lowest BCUT2D eigenvalue weighted by molar-refractivity contribution is -0.130. The van der Waals surface area contributed by atoms with Gasteiger partial charge in [0.15, 0.2) is 17.1 Å². The molecule has 1 aromatic heterocycles. The maximum Gasteiger partial charge on any atom is 0.342 e. The summed E-state index contributed by atoms with van der Waals surface area (Å²) < 4.78 is 11.5. The van der Waals surface area contributed by atoms with E-state index >= 15 is 0 Å². The first-order chi connectivity index (χ1) is 16.3. The molecule has 174 valence electrons. The van der Waals surface area contributed by atoms with Crippen molar-refractivity contribution in [3.8, 4) is 17.4 Å². The molecule has 4 rings (SSSR count). The summed E-state index contributed by atoms with van der Waals surface area (Å²) in [6, 6.07) is 16.1. The Hall–Kier alpha value is -3.92. The molecular weight excluding hydrogens is 432 g/mol. The van der Waals surface area contributed by atoms with Crippen LogP contribution in [0.15, 0.2) is 57.7 Å². The summed E-state index contributed by atoms with van der Waals surface area (Å²) in [7, 11) is 0. The number of hydrogen-bond donors (Lipinski definition) is 1. The van der Waals surface area contributed by atoms with Crippen LogP contribution in [0.3, 0.4) is 0 Å². The number of esters is 1. The van der Waals surface area contributed by atoms with Crippen LogP contribution in [0, 0.1) is 18.3 Å². The average molecular weight is 459 g/mol. The van der Waals surface area contributed by atoms with Gasteiger partial charge in [-0.3, -0.25) is 9.59 Å². The Morgan fingerprint density at radius 3 is 2.47 bits per heavy atom. The zero-order valence-corrected chi connectivity index (χ0v) is 19.2. The van der Waals surface area contributed by atoms with E-state index in [1.54, 1.807) is 19.1 Å². The summed E-state index contributed by atoms with van der Waals surface area (Å²) in [6.45, 7) is 3.14. The van der Waals surface area contributed by atoms with E-state index in [2.05, 4.69) is 11.4 Å². The molecule has 1 saturated carbocycles. The van der Waals surface area contributed by atoms with E-state index in [1.165, 1.54) is 13.0 Å². The minimum absolute atomic E-state index is 0.0547. The summed E-state index contributed by atoms with van der Waals surface area (Å²) in [5.74, 6) is -0.939. The van der Waals surface area contributed by atoms with Crippen LogP contribution in [0.4, 0.5) is 0 Å². The Bertz CT molecular complexity index is 1330. The van der Waals surface area contributed by atoms with Gasteiger partial charge in [-0.2, -0.15) is 5.26 Å². The molecule has 7 nitrogen and oxygen atoms in total. The van der Waals surface area contributed by atoms with E-state index in [0.29, 0.717) is 29.7 Å². The van der Waals surface area contributed by atoms with Crippen molar-refractivity contribution in [2.45, 2.75) is 57.6 Å². The molecule has 1 unspecified atom stereocenters. The molecule has 7 heteroatoms. The van der Waals surface area contributed by atoms with Crippen LogP contribution in [-0.2, 0) is 9.53 Å². The van der Waals surface area contributed by atoms with E-state index in [9.17, 15) is 19.6 Å². The lowest BCUT2D eigenvalue weighted by Crippen LogP contribution is -2.52. The summed E-state index contributed by atoms with van der Waals surface area (Å²) in [5, 5.41) is 12.6. The summed E-state index contributed by atoms with van der Waals surface area (Å²) in [6.07, 6.45) is 2.78. The Kier molecular flexibility index (Phi) is 6.51. The first kappa shape index (κ1) is 23.2. The van der Waals surface area contributed by atoms with Crippen molar-refractivity contribution in [3.05, 3.63) is 69.9 Å². The molecule has 0 spiro atoms. The monoisotopic (exact) mass is 458 g/mol. The van der Waals surface area contributed by atoms with Crippen LogP contribution in [0.25, 0.3) is 22.3 Å². The number of hydrogen-bond acceptors (Lipinski definition) is 6. The third kappa shape index (κ3) is 4.44. The van der Waals surface area contributed by atoms with Crippen LogP contribution >= 0.6 is 0 Å². The van der Waals surface area contributed by atoms with Gasteiger partial charge in [0.25, 0.3) is 5.91 Å². The predicted molar refractivity (Wildman–Crippen MR) is 127 cm³/mol. The van der Waals surface area contributed by atoms with Crippen LogP contribution in [-0.4, -0.2) is 23.5 Å². The number of nitrogens with one attached hydrogen (secondary N) is 1. The number of carbonyl (C=O) groups is 2. The number of nitrogens with zero attached hydrogens (tertiary/aromatic N) is 1. The van der Waals surface area contributed by atoms with Crippen molar-refractivity contribution in [1.82, 2.24) is 5.32 Å². The third-order valence-electron chi connectivity index (χ3n) is 6.34. The van der Waals surface area contributed by atoms with Crippen molar-refractivity contribution in [2.75, 3.05) is 0 Å². The highest BCUT2D eigenvalue weighted by atomic mass is 16.5. The second-order valence-corrected chi connectivity index (χ2v) is 8.72. The van der Waals surface area contributed by atoms with Crippen LogP contribution < -0.4 is 10.7 Å². The first-order valence-corrected chi connectivity index (χ1v) is 11.4. The summed E-state index contributed by atoms with van der Waals surface area (Å²) >= 11 is 0. The van der Waals surface area contributed by atoms with E-state index in [0.717, 1.165) is 19.3 Å². The molecule has 0 saturated heterocycles. The zero-order chi connectivity index (χ0) is 24.3. The topological polar surface area (TPSA) is 109 Å². The van der Waals surface area contributed by atoms with Crippen molar-refractivity contribution >= 4 is 22.8 Å². The molecule has 1 aliphatic rings. The second-order valence-electron chi connectivity index (χ2n) is 8.72. The minimum atomic E-state index is -1.12. The van der Waals surface area contributed by atoms with Gasteiger partial charge in [0.1, 0.15) is 16.9 Å². The van der Waals surface area contributed by atoms with Gasteiger partial charge < -0.3 is 14.5 Å². The van der Waals surface area contributed by atoms with E-state index in [4.69, 9.17) is 9.15 Å². The van der Waals surface area contributed by atoms with E-state index < -0.39 is 23.5 Å². The number of ether oxygens (including phenoxy) is 1. The molecule has 0 radical (unpaired) electrons. The van der Waals surface area contributed by atoms with Gasteiger partial charge in [-0.05, 0) is 38.8 Å².